The minimum Gasteiger partial charge on any atom is -0.259 e. The third-order valence-electron chi connectivity index (χ3n) is 6.07. The summed E-state index contributed by atoms with van der Waals surface area (Å²) in [4.78, 5) is 3.62. The van der Waals surface area contributed by atoms with E-state index in [-0.39, 0.29) is 47.2 Å². The monoisotopic (exact) mass is 636 g/mol. The van der Waals surface area contributed by atoms with E-state index in [1.54, 1.807) is 24.3 Å². The molecule has 0 aliphatic carbocycles. The van der Waals surface area contributed by atoms with Crippen LogP contribution in [0.2, 0.25) is 30.1 Å². The highest BCUT2D eigenvalue weighted by atomic mass is 35.5. The van der Waals surface area contributed by atoms with E-state index in [4.69, 9.17) is 69.6 Å². The van der Waals surface area contributed by atoms with Gasteiger partial charge in [-0.2, -0.15) is 0 Å². The zero-order chi connectivity index (χ0) is 27.8. The molecule has 1 aromatic heterocycles. The molecule has 1 heterocycles. The molecule has 5 rings (SSSR count). The molecule has 1 radical (unpaired) electrons. The topological polar surface area (TPSA) is 12.9 Å². The van der Waals surface area contributed by atoms with Crippen molar-refractivity contribution in [3.05, 3.63) is 150 Å². The molecule has 9 heteroatoms. The van der Waals surface area contributed by atoms with E-state index < -0.39 is 17.2 Å². The maximum absolute atomic E-state index is 15.5. The van der Waals surface area contributed by atoms with Gasteiger partial charge in [0, 0.05) is 37.9 Å². The van der Waals surface area contributed by atoms with Crippen molar-refractivity contribution in [1.82, 2.24) is 4.98 Å². The Labute approximate surface area is 253 Å². The van der Waals surface area contributed by atoms with Crippen molar-refractivity contribution in [3.63, 3.8) is 0 Å². The van der Waals surface area contributed by atoms with Crippen molar-refractivity contribution in [2.24, 2.45) is 0 Å². The van der Waals surface area contributed by atoms with E-state index in [2.05, 4.69) is 4.98 Å². The first-order valence-electron chi connectivity index (χ1n) is 11.3. The minimum absolute atomic E-state index is 0.0265. The quantitative estimate of drug-likeness (QED) is 0.187. The van der Waals surface area contributed by atoms with Gasteiger partial charge in [-0.1, -0.05) is 130 Å². The first kappa shape index (κ1) is 28.2. The number of aromatic nitrogens is 1. The van der Waals surface area contributed by atoms with Gasteiger partial charge in [0.2, 0.25) is 0 Å². The summed E-state index contributed by atoms with van der Waals surface area (Å²) in [5.41, 5.74) is 1.84. The van der Waals surface area contributed by atoms with Crippen LogP contribution in [-0.4, -0.2) is 4.98 Å². The highest BCUT2D eigenvalue weighted by Gasteiger charge is 2.35. The van der Waals surface area contributed by atoms with Crippen LogP contribution in [0, 0.1) is 17.6 Å². The van der Waals surface area contributed by atoms with Crippen LogP contribution in [0.3, 0.4) is 0 Å². The zero-order valence-electron chi connectivity index (χ0n) is 19.6. The van der Waals surface area contributed by atoms with Crippen molar-refractivity contribution in [1.29, 1.82) is 0 Å². The minimum atomic E-state index is -0.975. The maximum atomic E-state index is 15.5. The molecule has 0 spiro atoms. The molecule has 0 unspecified atom stereocenters. The molecule has 0 atom stereocenters. The molecule has 0 fully saturated rings. The molecule has 0 saturated heterocycles. The zero-order valence-corrected chi connectivity index (χ0v) is 24.1. The van der Waals surface area contributed by atoms with Gasteiger partial charge in [-0.05, 0) is 23.3 Å². The summed E-state index contributed by atoms with van der Waals surface area (Å²) in [5, 5.41) is 0.638. The highest BCUT2D eigenvalue weighted by Crippen LogP contribution is 2.52. The molecule has 4 aromatic carbocycles. The number of rotatable bonds is 5. The molecule has 1 nitrogen and oxygen atoms in total. The molecule has 5 aromatic rings. The second kappa shape index (κ2) is 11.6. The Hall–Kier alpha value is -2.37. The predicted octanol–water partition coefficient (Wildman–Crippen LogP) is 11.6. The lowest BCUT2D eigenvalue weighted by Crippen LogP contribution is -2.13. The Morgan fingerprint density at radius 2 is 0.897 bits per heavy atom. The molecule has 0 saturated carbocycles. The third-order valence-corrected chi connectivity index (χ3v) is 8.02. The van der Waals surface area contributed by atoms with Gasteiger partial charge in [-0.3, -0.25) is 4.98 Å². The van der Waals surface area contributed by atoms with E-state index in [1.807, 2.05) is 36.4 Å². The van der Waals surface area contributed by atoms with Crippen LogP contribution < -0.4 is 0 Å². The van der Waals surface area contributed by atoms with Crippen LogP contribution in [0.1, 0.15) is 16.7 Å². The number of benzene rings is 4. The van der Waals surface area contributed by atoms with E-state index >= 15 is 8.78 Å². The van der Waals surface area contributed by atoms with Crippen LogP contribution in [0.25, 0.3) is 22.3 Å². The van der Waals surface area contributed by atoms with Crippen molar-refractivity contribution in [2.75, 3.05) is 0 Å². The molecule has 0 aliphatic rings. The summed E-state index contributed by atoms with van der Waals surface area (Å²) < 4.78 is 30.9. The number of halogens is 8. The second-order valence-corrected chi connectivity index (χ2v) is 10.8. The fourth-order valence-electron chi connectivity index (χ4n) is 4.40. The van der Waals surface area contributed by atoms with E-state index in [1.165, 1.54) is 12.1 Å². The molecular formula is C30H14Cl6F2N. The normalized spacial score (nSPS) is 11.3. The van der Waals surface area contributed by atoms with E-state index in [9.17, 15) is 0 Å². The number of nitrogens with zero attached hydrogens (tertiary/aromatic N) is 1. The summed E-state index contributed by atoms with van der Waals surface area (Å²) in [6.45, 7) is 0. The lowest BCUT2D eigenvalue weighted by atomic mass is 9.82. The van der Waals surface area contributed by atoms with Crippen LogP contribution in [-0.2, 0) is 0 Å². The van der Waals surface area contributed by atoms with Gasteiger partial charge in [0.05, 0.1) is 38.4 Å². The Morgan fingerprint density at radius 1 is 0.513 bits per heavy atom. The van der Waals surface area contributed by atoms with Gasteiger partial charge >= 0.3 is 0 Å². The Morgan fingerprint density at radius 3 is 1.28 bits per heavy atom. The molecule has 0 bridgehead atoms. The Bertz CT molecular complexity index is 1570. The summed E-state index contributed by atoms with van der Waals surface area (Å²) in [6, 6.07) is 21.0. The largest absolute Gasteiger partial charge is 0.259 e. The first-order chi connectivity index (χ1) is 18.7. The molecule has 195 valence electrons. The third kappa shape index (κ3) is 5.25. The highest BCUT2D eigenvalue weighted by molar-refractivity contribution is 6.45. The van der Waals surface area contributed by atoms with Gasteiger partial charge in [0.15, 0.2) is 0 Å². The number of hydrogen-bond acceptors (Lipinski definition) is 1. The van der Waals surface area contributed by atoms with Gasteiger partial charge in [0.1, 0.15) is 11.6 Å². The smallest absolute Gasteiger partial charge is 0.148 e. The standard InChI is InChI=1S/C30H14Cl6F2N/c31-17-11-19(33)25(29(35)23(17)15-7-3-1-4-8-15)28(27-21(37)13-39-14-22(27)38)26-20(34)12-18(32)24(30(26)36)16-9-5-2-6-10-16/h1-14H. The van der Waals surface area contributed by atoms with Crippen LogP contribution in [0.15, 0.2) is 85.2 Å². The Balaban J connectivity index is 1.91. The van der Waals surface area contributed by atoms with Gasteiger partial charge in [0.25, 0.3) is 0 Å². The molecule has 0 N–H and O–H groups in total. The number of pyridine rings is 1. The fraction of sp³-hybridized carbons (Fsp3) is 0. The lowest BCUT2D eigenvalue weighted by Gasteiger charge is -2.26. The van der Waals surface area contributed by atoms with Crippen molar-refractivity contribution in [3.8, 4) is 22.3 Å². The predicted molar refractivity (Wildman–Crippen MR) is 159 cm³/mol. The number of hydrogen-bond donors (Lipinski definition) is 0. The molecular weight excluding hydrogens is 625 g/mol. The van der Waals surface area contributed by atoms with Crippen molar-refractivity contribution < 1.29 is 8.78 Å². The molecule has 0 aliphatic heterocycles. The maximum Gasteiger partial charge on any atom is 0.148 e. The molecule has 39 heavy (non-hydrogen) atoms. The Kier molecular flexibility index (Phi) is 8.40. The average molecular weight is 639 g/mol. The van der Waals surface area contributed by atoms with Crippen molar-refractivity contribution in [2.45, 2.75) is 0 Å². The first-order valence-corrected chi connectivity index (χ1v) is 13.6. The summed E-state index contributed by atoms with van der Waals surface area (Å²) in [6.07, 6.45) is 1.76. The SMILES string of the molecule is Fc1cncc(F)c1[C](c1c(Cl)cc(Cl)c(-c2ccccc2)c1Cl)c1c(Cl)cc(Cl)c(-c2ccccc2)c1Cl. The summed E-state index contributed by atoms with van der Waals surface area (Å²) >= 11 is 40.6. The average Bonchev–Trinajstić information content (AvgIpc) is 2.89. The van der Waals surface area contributed by atoms with Gasteiger partial charge < -0.3 is 0 Å². The fourth-order valence-corrected chi connectivity index (χ4v) is 6.74. The van der Waals surface area contributed by atoms with Crippen LogP contribution in [0.4, 0.5) is 8.78 Å². The second-order valence-electron chi connectivity index (χ2n) is 8.39. The summed E-state index contributed by atoms with van der Waals surface area (Å²) in [7, 11) is 0. The van der Waals surface area contributed by atoms with Crippen molar-refractivity contribution >= 4 is 69.6 Å². The van der Waals surface area contributed by atoms with Crippen LogP contribution in [0.5, 0.6) is 0 Å². The van der Waals surface area contributed by atoms with Gasteiger partial charge in [-0.15, -0.1) is 0 Å². The lowest BCUT2D eigenvalue weighted by molar-refractivity contribution is 0.557. The summed E-state index contributed by atoms with van der Waals surface area (Å²) in [5.74, 6) is -2.03. The van der Waals surface area contributed by atoms with Gasteiger partial charge in [-0.25, -0.2) is 8.78 Å². The molecule has 0 amide bonds. The van der Waals surface area contributed by atoms with Crippen LogP contribution >= 0.6 is 69.6 Å². The van der Waals surface area contributed by atoms with E-state index in [0.29, 0.717) is 22.3 Å². The van der Waals surface area contributed by atoms with E-state index in [0.717, 1.165) is 12.4 Å².